The highest BCUT2D eigenvalue weighted by Gasteiger charge is 2.20. The summed E-state index contributed by atoms with van der Waals surface area (Å²) in [7, 11) is 0. The molecule has 1 fully saturated rings. The summed E-state index contributed by atoms with van der Waals surface area (Å²) >= 11 is 6.10. The Kier molecular flexibility index (Phi) is 6.70. The zero-order chi connectivity index (χ0) is 15.9. The third-order valence-corrected chi connectivity index (χ3v) is 4.13. The average molecular weight is 325 g/mol. The Hall–Kier alpha value is -1.07. The minimum Gasteiger partial charge on any atom is -0.389 e. The first-order chi connectivity index (χ1) is 10.6. The van der Waals surface area contributed by atoms with Gasteiger partial charge in [0.2, 0.25) is 0 Å². The van der Waals surface area contributed by atoms with Crippen LogP contribution in [0.15, 0.2) is 30.9 Å². The Morgan fingerprint density at radius 2 is 2.09 bits per heavy atom. The summed E-state index contributed by atoms with van der Waals surface area (Å²) in [5, 5.41) is 10.7. The van der Waals surface area contributed by atoms with E-state index >= 15 is 0 Å². The van der Waals surface area contributed by atoms with Gasteiger partial charge in [-0.2, -0.15) is 0 Å². The number of aryl methyl sites for hydroxylation is 1. The second kappa shape index (κ2) is 8.53. The van der Waals surface area contributed by atoms with Gasteiger partial charge in [-0.15, -0.1) is 6.58 Å². The molecule has 0 aromatic heterocycles. The molecule has 1 heterocycles. The predicted molar refractivity (Wildman–Crippen MR) is 91.9 cm³/mol. The number of ether oxygens (including phenoxy) is 1. The number of halogens is 1. The van der Waals surface area contributed by atoms with E-state index in [0.717, 1.165) is 31.2 Å². The zero-order valence-electron chi connectivity index (χ0n) is 13.2. The summed E-state index contributed by atoms with van der Waals surface area (Å²) in [6, 6.07) is 6.02. The molecule has 4 nitrogen and oxygen atoms in total. The van der Waals surface area contributed by atoms with Crippen molar-refractivity contribution in [2.75, 3.05) is 50.8 Å². The number of nitrogens with zero attached hydrogens (tertiary/aromatic N) is 2. The van der Waals surface area contributed by atoms with E-state index in [1.165, 1.54) is 11.3 Å². The lowest BCUT2D eigenvalue weighted by atomic mass is 10.1. The van der Waals surface area contributed by atoms with Crippen LogP contribution in [0.3, 0.4) is 0 Å². The SMILES string of the molecule is C=CCOCC(O)CN1CCN(c2cc(Cl)ccc2C)CC1. The molecule has 0 saturated carbocycles. The summed E-state index contributed by atoms with van der Waals surface area (Å²) < 4.78 is 5.29. The molecule has 1 saturated heterocycles. The molecule has 0 amide bonds. The van der Waals surface area contributed by atoms with Gasteiger partial charge in [-0.25, -0.2) is 0 Å². The van der Waals surface area contributed by atoms with Crippen molar-refractivity contribution in [1.29, 1.82) is 0 Å². The van der Waals surface area contributed by atoms with E-state index in [4.69, 9.17) is 16.3 Å². The maximum atomic E-state index is 9.96. The van der Waals surface area contributed by atoms with Crippen molar-refractivity contribution in [1.82, 2.24) is 4.90 Å². The number of β-amino-alcohol motifs (C(OH)–C–C–N with tert-alkyl or cyclic N) is 1. The van der Waals surface area contributed by atoms with Gasteiger partial charge in [-0.1, -0.05) is 23.7 Å². The van der Waals surface area contributed by atoms with E-state index in [2.05, 4.69) is 29.4 Å². The molecule has 1 aliphatic rings. The van der Waals surface area contributed by atoms with Gasteiger partial charge in [0.25, 0.3) is 0 Å². The molecule has 1 unspecified atom stereocenters. The minimum atomic E-state index is -0.445. The number of hydrogen-bond acceptors (Lipinski definition) is 4. The highest BCUT2D eigenvalue weighted by Crippen LogP contribution is 2.25. The van der Waals surface area contributed by atoms with E-state index in [-0.39, 0.29) is 0 Å². The summed E-state index contributed by atoms with van der Waals surface area (Å²) in [4.78, 5) is 4.64. The van der Waals surface area contributed by atoms with Crippen molar-refractivity contribution < 1.29 is 9.84 Å². The highest BCUT2D eigenvalue weighted by atomic mass is 35.5. The van der Waals surface area contributed by atoms with Crippen molar-refractivity contribution >= 4 is 17.3 Å². The summed E-state index contributed by atoms with van der Waals surface area (Å²) in [5.41, 5.74) is 2.46. The highest BCUT2D eigenvalue weighted by molar-refractivity contribution is 6.30. The van der Waals surface area contributed by atoms with Crippen LogP contribution in [0.4, 0.5) is 5.69 Å². The Labute approximate surface area is 137 Å². The minimum absolute atomic E-state index is 0.361. The molecule has 1 atom stereocenters. The van der Waals surface area contributed by atoms with E-state index in [9.17, 15) is 5.11 Å². The number of benzene rings is 1. The third-order valence-electron chi connectivity index (χ3n) is 3.90. The maximum Gasteiger partial charge on any atom is 0.0900 e. The van der Waals surface area contributed by atoms with Crippen molar-refractivity contribution in [3.63, 3.8) is 0 Å². The lowest BCUT2D eigenvalue weighted by molar-refractivity contribution is 0.0252. The van der Waals surface area contributed by atoms with Crippen LogP contribution in [-0.4, -0.2) is 62.0 Å². The first-order valence-electron chi connectivity index (χ1n) is 7.70. The number of aliphatic hydroxyl groups is 1. The second-order valence-electron chi connectivity index (χ2n) is 5.70. The van der Waals surface area contributed by atoms with Gasteiger partial charge in [0.05, 0.1) is 19.3 Å². The molecule has 22 heavy (non-hydrogen) atoms. The lowest BCUT2D eigenvalue weighted by Crippen LogP contribution is -2.49. The fourth-order valence-electron chi connectivity index (χ4n) is 2.73. The lowest BCUT2D eigenvalue weighted by Gasteiger charge is -2.37. The topological polar surface area (TPSA) is 35.9 Å². The fraction of sp³-hybridized carbons (Fsp3) is 0.529. The van der Waals surface area contributed by atoms with Crippen LogP contribution in [0.25, 0.3) is 0 Å². The maximum absolute atomic E-state index is 9.96. The molecule has 0 spiro atoms. The van der Waals surface area contributed by atoms with Crippen LogP contribution in [0.1, 0.15) is 5.56 Å². The molecule has 0 radical (unpaired) electrons. The van der Waals surface area contributed by atoms with Crippen molar-refractivity contribution in [3.8, 4) is 0 Å². The molecule has 1 N–H and O–H groups in total. The van der Waals surface area contributed by atoms with Gasteiger partial charge in [0.1, 0.15) is 0 Å². The van der Waals surface area contributed by atoms with Gasteiger partial charge >= 0.3 is 0 Å². The molecule has 1 aromatic rings. The van der Waals surface area contributed by atoms with Crippen LogP contribution >= 0.6 is 11.6 Å². The smallest absolute Gasteiger partial charge is 0.0900 e. The van der Waals surface area contributed by atoms with Crippen molar-refractivity contribution in [3.05, 3.63) is 41.4 Å². The molecule has 0 aliphatic carbocycles. The largest absolute Gasteiger partial charge is 0.389 e. The number of aliphatic hydroxyl groups excluding tert-OH is 1. The molecular weight excluding hydrogens is 300 g/mol. The van der Waals surface area contributed by atoms with Gasteiger partial charge in [-0.3, -0.25) is 4.90 Å². The Balaban J connectivity index is 1.80. The molecule has 122 valence electrons. The van der Waals surface area contributed by atoms with Gasteiger partial charge < -0.3 is 14.7 Å². The Morgan fingerprint density at radius 1 is 1.36 bits per heavy atom. The van der Waals surface area contributed by atoms with Crippen LogP contribution in [0.2, 0.25) is 5.02 Å². The van der Waals surface area contributed by atoms with E-state index in [1.54, 1.807) is 6.08 Å². The van der Waals surface area contributed by atoms with Crippen LogP contribution in [0, 0.1) is 6.92 Å². The first kappa shape index (κ1) is 17.3. The molecule has 1 aromatic carbocycles. The van der Waals surface area contributed by atoms with Crippen molar-refractivity contribution in [2.24, 2.45) is 0 Å². The zero-order valence-corrected chi connectivity index (χ0v) is 13.9. The van der Waals surface area contributed by atoms with Gasteiger partial charge in [0.15, 0.2) is 0 Å². The van der Waals surface area contributed by atoms with E-state index in [1.807, 2.05) is 12.1 Å². The monoisotopic (exact) mass is 324 g/mol. The fourth-order valence-corrected chi connectivity index (χ4v) is 2.90. The van der Waals surface area contributed by atoms with Crippen LogP contribution < -0.4 is 4.90 Å². The van der Waals surface area contributed by atoms with Gasteiger partial charge in [-0.05, 0) is 24.6 Å². The van der Waals surface area contributed by atoms with Crippen molar-refractivity contribution in [2.45, 2.75) is 13.0 Å². The predicted octanol–water partition coefficient (Wildman–Crippen LogP) is 2.33. The van der Waals surface area contributed by atoms with Crippen LogP contribution in [-0.2, 0) is 4.74 Å². The summed E-state index contributed by atoms with van der Waals surface area (Å²) in [6.45, 7) is 11.0. The number of anilines is 1. The van der Waals surface area contributed by atoms with E-state index < -0.39 is 6.10 Å². The standard InChI is InChI=1S/C17H25ClN2O2/c1-3-10-22-13-16(21)12-19-6-8-20(9-7-19)17-11-15(18)5-4-14(17)2/h3-5,11,16,21H,1,6-10,12-13H2,2H3. The summed E-state index contributed by atoms with van der Waals surface area (Å²) in [5.74, 6) is 0. The number of piperazine rings is 1. The van der Waals surface area contributed by atoms with E-state index in [0.29, 0.717) is 19.8 Å². The molecule has 2 rings (SSSR count). The summed E-state index contributed by atoms with van der Waals surface area (Å²) in [6.07, 6.45) is 1.25. The Bertz CT molecular complexity index is 488. The number of hydrogen-bond donors (Lipinski definition) is 1. The van der Waals surface area contributed by atoms with Crippen LogP contribution in [0.5, 0.6) is 0 Å². The third kappa shape index (κ3) is 4.99. The molecular formula is C17H25ClN2O2. The molecule has 1 aliphatic heterocycles. The Morgan fingerprint density at radius 3 is 2.77 bits per heavy atom. The second-order valence-corrected chi connectivity index (χ2v) is 6.13. The normalized spacial score (nSPS) is 17.5. The van der Waals surface area contributed by atoms with Gasteiger partial charge in [0, 0.05) is 43.4 Å². The average Bonchev–Trinajstić information content (AvgIpc) is 2.51. The molecule has 0 bridgehead atoms. The quantitative estimate of drug-likeness (QED) is 0.617. The molecule has 5 heteroatoms. The first-order valence-corrected chi connectivity index (χ1v) is 8.08. The number of rotatable bonds is 7.